The lowest BCUT2D eigenvalue weighted by molar-refractivity contribution is 0.598. The topological polar surface area (TPSA) is 64.0 Å². The Morgan fingerprint density at radius 2 is 1.95 bits per heavy atom. The molecule has 1 aromatic heterocycles. The quantitative estimate of drug-likeness (QED) is 0.878. The molecule has 2 rings (SSSR count). The molecule has 5 nitrogen and oxygen atoms in total. The van der Waals surface area contributed by atoms with Crippen molar-refractivity contribution < 1.29 is 12.8 Å². The third kappa shape index (κ3) is 4.42. The number of hydrogen-bond donors (Lipinski definition) is 1. The maximum Gasteiger partial charge on any atom is 0.187 e. The van der Waals surface area contributed by atoms with E-state index in [2.05, 4.69) is 17.0 Å². The first kappa shape index (κ1) is 17.9. The lowest BCUT2D eigenvalue weighted by Crippen LogP contribution is -2.09. The van der Waals surface area contributed by atoms with Gasteiger partial charge in [0.15, 0.2) is 9.84 Å². The van der Waals surface area contributed by atoms with E-state index in [1.807, 2.05) is 0 Å². The van der Waals surface area contributed by atoms with Crippen LogP contribution in [0.5, 0.6) is 0 Å². The van der Waals surface area contributed by atoms with Crippen LogP contribution < -0.4 is 5.32 Å². The Morgan fingerprint density at radius 1 is 1.36 bits per heavy atom. The lowest BCUT2D eigenvalue weighted by Gasteiger charge is -2.05. The molecular weight excluding hydrogens is 305 g/mol. The molecule has 0 saturated carbocycles. The van der Waals surface area contributed by atoms with Gasteiger partial charge in [-0.05, 0) is 19.1 Å². The van der Waals surface area contributed by atoms with E-state index in [4.69, 9.17) is 0 Å². The molecule has 0 fully saturated rings. The van der Waals surface area contributed by atoms with Gasteiger partial charge in [-0.1, -0.05) is 24.3 Å². The van der Waals surface area contributed by atoms with Gasteiger partial charge in [-0.25, -0.2) is 12.8 Å². The molecule has 0 aliphatic carbocycles. The zero-order valence-electron chi connectivity index (χ0n) is 12.9. The zero-order chi connectivity index (χ0) is 16.8. The second kappa shape index (κ2) is 7.74. The van der Waals surface area contributed by atoms with Gasteiger partial charge in [-0.15, -0.1) is 6.58 Å². The first-order valence-corrected chi connectivity index (χ1v) is 8.24. The van der Waals surface area contributed by atoms with E-state index in [1.54, 1.807) is 39.2 Å². The number of nitrogens with zero attached hydrogens (tertiary/aromatic N) is 2. The molecule has 1 N–H and O–H groups in total. The highest BCUT2D eigenvalue weighted by atomic mass is 32.2. The smallest absolute Gasteiger partial charge is 0.187 e. The Kier molecular flexibility index (Phi) is 6.30. The summed E-state index contributed by atoms with van der Waals surface area (Å²) in [6, 6.07) is 7.94. The lowest BCUT2D eigenvalue weighted by atomic mass is 10.4. The third-order valence-corrected chi connectivity index (χ3v) is 4.57. The summed E-state index contributed by atoms with van der Waals surface area (Å²) in [5.74, 6) is 0.255. The summed E-state index contributed by atoms with van der Waals surface area (Å²) >= 11 is 0. The summed E-state index contributed by atoms with van der Waals surface area (Å²) in [6.45, 7) is 5.11. The molecule has 1 heterocycles. The molecule has 120 valence electrons. The summed E-state index contributed by atoms with van der Waals surface area (Å²) in [5.41, 5.74) is 0.503. The molecule has 2 aromatic rings. The molecule has 0 atom stereocenters. The normalized spacial score (nSPS) is 10.5. The van der Waals surface area contributed by atoms with Crippen LogP contribution in [-0.4, -0.2) is 31.0 Å². The summed E-state index contributed by atoms with van der Waals surface area (Å²) in [5, 5.41) is 6.91. The van der Waals surface area contributed by atoms with Crippen molar-refractivity contribution in [1.29, 1.82) is 0 Å². The Bertz CT molecular complexity index is 725. The highest BCUT2D eigenvalue weighted by Crippen LogP contribution is 2.24. The molecule has 0 amide bonds. The average Bonchev–Trinajstić information content (AvgIpc) is 2.75. The van der Waals surface area contributed by atoms with Crippen LogP contribution in [0.1, 0.15) is 5.69 Å². The van der Waals surface area contributed by atoms with Gasteiger partial charge < -0.3 is 5.32 Å². The number of hydrogen-bond acceptors (Lipinski definition) is 4. The van der Waals surface area contributed by atoms with E-state index in [9.17, 15) is 12.8 Å². The van der Waals surface area contributed by atoms with Gasteiger partial charge in [0, 0.05) is 14.1 Å². The minimum absolute atomic E-state index is 0.0752. The molecule has 1 aromatic carbocycles. The predicted octanol–water partition coefficient (Wildman–Crippen LogP) is 2.56. The third-order valence-electron chi connectivity index (χ3n) is 2.79. The number of aromatic nitrogens is 2. The maximum absolute atomic E-state index is 11.9. The maximum atomic E-state index is 11.9. The van der Waals surface area contributed by atoms with Crippen LogP contribution in [0, 0.1) is 12.7 Å². The van der Waals surface area contributed by atoms with E-state index in [1.165, 1.54) is 22.9 Å². The zero-order valence-corrected chi connectivity index (χ0v) is 13.7. The highest BCUT2D eigenvalue weighted by Gasteiger charge is 2.24. The molecule has 7 heteroatoms. The second-order valence-corrected chi connectivity index (χ2v) is 6.47. The van der Waals surface area contributed by atoms with E-state index >= 15 is 0 Å². The number of aryl methyl sites for hydroxylation is 2. The fraction of sp³-hybridized carbons (Fsp3) is 0.267. The van der Waals surface area contributed by atoms with Gasteiger partial charge in [0.1, 0.15) is 16.5 Å². The molecule has 0 radical (unpaired) electrons. The van der Waals surface area contributed by atoms with Gasteiger partial charge in [-0.2, -0.15) is 5.10 Å². The SMILES string of the molecule is C=CCS(=O)(=O)c1c(C)nn(C)c1NC.Fc1ccccc1. The van der Waals surface area contributed by atoms with E-state index in [0.29, 0.717) is 11.5 Å². The minimum atomic E-state index is -3.33. The van der Waals surface area contributed by atoms with Crippen molar-refractivity contribution in [1.82, 2.24) is 9.78 Å². The molecular formula is C15H20FN3O2S. The van der Waals surface area contributed by atoms with Crippen LogP contribution in [-0.2, 0) is 16.9 Å². The van der Waals surface area contributed by atoms with Gasteiger partial charge in [-0.3, -0.25) is 4.68 Å². The van der Waals surface area contributed by atoms with Crippen LogP contribution in [0.3, 0.4) is 0 Å². The Balaban J connectivity index is 0.000000287. The minimum Gasteiger partial charge on any atom is -0.372 e. The predicted molar refractivity (Wildman–Crippen MR) is 86.1 cm³/mol. The molecule has 0 saturated heterocycles. The van der Waals surface area contributed by atoms with Crippen molar-refractivity contribution >= 4 is 15.7 Å². The molecule has 0 bridgehead atoms. The molecule has 22 heavy (non-hydrogen) atoms. The van der Waals surface area contributed by atoms with Crippen molar-refractivity contribution in [3.8, 4) is 0 Å². The Hall–Kier alpha value is -2.15. The molecule has 0 aliphatic heterocycles. The van der Waals surface area contributed by atoms with Crippen molar-refractivity contribution in [3.05, 3.63) is 54.5 Å². The number of rotatable bonds is 4. The fourth-order valence-electron chi connectivity index (χ4n) is 1.94. The summed E-state index contributed by atoms with van der Waals surface area (Å²) < 4.78 is 37.2. The van der Waals surface area contributed by atoms with Gasteiger partial charge in [0.25, 0.3) is 0 Å². The fourth-order valence-corrected chi connectivity index (χ4v) is 3.44. The van der Waals surface area contributed by atoms with Crippen LogP contribution in [0.15, 0.2) is 47.9 Å². The van der Waals surface area contributed by atoms with E-state index in [0.717, 1.165) is 0 Å². The first-order valence-electron chi connectivity index (χ1n) is 6.59. The van der Waals surface area contributed by atoms with Crippen molar-refractivity contribution in [3.63, 3.8) is 0 Å². The van der Waals surface area contributed by atoms with Crippen molar-refractivity contribution in [2.24, 2.45) is 7.05 Å². The van der Waals surface area contributed by atoms with Gasteiger partial charge in [0.2, 0.25) is 0 Å². The largest absolute Gasteiger partial charge is 0.372 e. The van der Waals surface area contributed by atoms with Gasteiger partial charge >= 0.3 is 0 Å². The Morgan fingerprint density at radius 3 is 2.36 bits per heavy atom. The standard InChI is InChI=1S/C9H15N3O2S.C6H5F/c1-5-6-15(13,14)8-7(2)11-12(4)9(8)10-3;7-6-4-2-1-3-5-6/h5,10H,1,6H2,2-4H3;1-5H. The van der Waals surface area contributed by atoms with Crippen LogP contribution >= 0.6 is 0 Å². The van der Waals surface area contributed by atoms with Crippen molar-refractivity contribution in [2.75, 3.05) is 18.1 Å². The molecule has 0 unspecified atom stereocenters. The van der Waals surface area contributed by atoms with Crippen molar-refractivity contribution in [2.45, 2.75) is 11.8 Å². The van der Waals surface area contributed by atoms with Crippen LogP contribution in [0.25, 0.3) is 0 Å². The highest BCUT2D eigenvalue weighted by molar-refractivity contribution is 7.91. The number of halogens is 1. The van der Waals surface area contributed by atoms with Crippen LogP contribution in [0.2, 0.25) is 0 Å². The summed E-state index contributed by atoms with van der Waals surface area (Å²) in [4.78, 5) is 0.257. The average molecular weight is 325 g/mol. The summed E-state index contributed by atoms with van der Waals surface area (Å²) in [7, 11) is 0.0434. The number of nitrogens with one attached hydrogen (secondary N) is 1. The monoisotopic (exact) mass is 325 g/mol. The summed E-state index contributed by atoms with van der Waals surface area (Å²) in [6.07, 6.45) is 1.38. The first-order chi connectivity index (χ1) is 10.3. The molecule has 0 spiro atoms. The number of sulfone groups is 1. The van der Waals surface area contributed by atoms with E-state index < -0.39 is 9.84 Å². The van der Waals surface area contributed by atoms with Gasteiger partial charge in [0.05, 0.1) is 11.4 Å². The Labute approximate surface area is 130 Å². The van der Waals surface area contributed by atoms with E-state index in [-0.39, 0.29) is 16.5 Å². The number of anilines is 1. The van der Waals surface area contributed by atoms with Crippen LogP contribution in [0.4, 0.5) is 10.2 Å². The number of benzene rings is 1. The second-order valence-electron chi connectivity index (χ2n) is 4.50. The molecule has 0 aliphatic rings.